The molecule has 0 spiro atoms. The molecule has 2 rings (SSSR count). The summed E-state index contributed by atoms with van der Waals surface area (Å²) in [5.41, 5.74) is 9.28. The van der Waals surface area contributed by atoms with Gasteiger partial charge >= 0.3 is 0 Å². The molecule has 0 aliphatic carbocycles. The second kappa shape index (κ2) is 6.06. The van der Waals surface area contributed by atoms with E-state index in [1.54, 1.807) is 0 Å². The average molecular weight is 226 g/mol. The van der Waals surface area contributed by atoms with Crippen molar-refractivity contribution in [2.24, 2.45) is 5.73 Å². The van der Waals surface area contributed by atoms with Crippen LogP contribution in [0.25, 0.3) is 0 Å². The van der Waals surface area contributed by atoms with Crippen molar-refractivity contribution in [1.29, 1.82) is 0 Å². The highest BCUT2D eigenvalue weighted by Crippen LogP contribution is 2.12. The molecular formula is C15H18N2. The van der Waals surface area contributed by atoms with Gasteiger partial charge in [0.2, 0.25) is 0 Å². The molecule has 17 heavy (non-hydrogen) atoms. The Morgan fingerprint density at radius 3 is 2.41 bits per heavy atom. The van der Waals surface area contributed by atoms with Crippen molar-refractivity contribution in [1.82, 2.24) is 0 Å². The van der Waals surface area contributed by atoms with Crippen molar-refractivity contribution in [2.75, 3.05) is 11.9 Å². The lowest BCUT2D eigenvalue weighted by Crippen LogP contribution is -2.04. The van der Waals surface area contributed by atoms with Crippen LogP contribution in [0.2, 0.25) is 0 Å². The Balaban J connectivity index is 1.97. The number of rotatable bonds is 5. The van der Waals surface area contributed by atoms with Gasteiger partial charge in [-0.2, -0.15) is 0 Å². The van der Waals surface area contributed by atoms with Gasteiger partial charge in [0, 0.05) is 12.2 Å². The Labute approximate surface area is 102 Å². The Kier molecular flexibility index (Phi) is 4.17. The largest absolute Gasteiger partial charge is 0.381 e. The van der Waals surface area contributed by atoms with Gasteiger partial charge in [-0.15, -0.1) is 0 Å². The summed E-state index contributed by atoms with van der Waals surface area (Å²) in [5.74, 6) is 0. The summed E-state index contributed by atoms with van der Waals surface area (Å²) < 4.78 is 0. The van der Waals surface area contributed by atoms with Gasteiger partial charge in [-0.3, -0.25) is 0 Å². The zero-order chi connectivity index (χ0) is 11.9. The monoisotopic (exact) mass is 226 g/mol. The zero-order valence-electron chi connectivity index (χ0n) is 9.89. The third-order valence-electron chi connectivity index (χ3n) is 2.70. The number of hydrogen-bond donors (Lipinski definition) is 2. The molecule has 0 saturated heterocycles. The summed E-state index contributed by atoms with van der Waals surface area (Å²) in [4.78, 5) is 0. The average Bonchev–Trinajstić information content (AvgIpc) is 2.39. The van der Waals surface area contributed by atoms with E-state index < -0.39 is 0 Å². The van der Waals surface area contributed by atoms with Crippen LogP contribution in [-0.2, 0) is 13.0 Å². The van der Waals surface area contributed by atoms with E-state index in [1.807, 2.05) is 6.07 Å². The van der Waals surface area contributed by atoms with E-state index in [0.29, 0.717) is 6.54 Å². The van der Waals surface area contributed by atoms with Gasteiger partial charge in [0.15, 0.2) is 0 Å². The third kappa shape index (κ3) is 3.61. The second-order valence-electron chi connectivity index (χ2n) is 4.08. The topological polar surface area (TPSA) is 38.0 Å². The molecule has 0 amide bonds. The second-order valence-corrected chi connectivity index (χ2v) is 4.08. The molecule has 0 aliphatic heterocycles. The van der Waals surface area contributed by atoms with E-state index >= 15 is 0 Å². The molecule has 0 heterocycles. The maximum Gasteiger partial charge on any atom is 0.0400 e. The van der Waals surface area contributed by atoms with Crippen molar-refractivity contribution in [3.8, 4) is 0 Å². The Bertz CT molecular complexity index is 451. The van der Waals surface area contributed by atoms with Crippen LogP contribution in [0.1, 0.15) is 11.1 Å². The van der Waals surface area contributed by atoms with Crippen LogP contribution in [0, 0.1) is 0 Å². The van der Waals surface area contributed by atoms with Crippen LogP contribution in [0.4, 0.5) is 5.69 Å². The minimum Gasteiger partial charge on any atom is -0.381 e. The number of benzene rings is 2. The predicted octanol–water partition coefficient (Wildman–Crippen LogP) is 2.80. The SMILES string of the molecule is NCCc1cccc(NCc2ccccc2)c1. The molecule has 2 aromatic carbocycles. The summed E-state index contributed by atoms with van der Waals surface area (Å²) >= 11 is 0. The number of hydrogen-bond acceptors (Lipinski definition) is 2. The van der Waals surface area contributed by atoms with Gasteiger partial charge in [0.05, 0.1) is 0 Å². The fraction of sp³-hybridized carbons (Fsp3) is 0.200. The smallest absolute Gasteiger partial charge is 0.0400 e. The van der Waals surface area contributed by atoms with Gasteiger partial charge in [0.1, 0.15) is 0 Å². The molecule has 3 N–H and O–H groups in total. The van der Waals surface area contributed by atoms with Gasteiger partial charge in [-0.25, -0.2) is 0 Å². The minimum absolute atomic E-state index is 0.697. The van der Waals surface area contributed by atoms with Crippen LogP contribution >= 0.6 is 0 Å². The van der Waals surface area contributed by atoms with E-state index in [1.165, 1.54) is 11.1 Å². The standard InChI is InChI=1S/C15H18N2/c16-10-9-13-7-4-8-15(11-13)17-12-14-5-2-1-3-6-14/h1-8,11,17H,9-10,12,16H2. The first kappa shape index (κ1) is 11.7. The maximum atomic E-state index is 5.56. The summed E-state index contributed by atoms with van der Waals surface area (Å²) in [6.07, 6.45) is 0.931. The van der Waals surface area contributed by atoms with Gasteiger partial charge in [0.25, 0.3) is 0 Å². The summed E-state index contributed by atoms with van der Waals surface area (Å²) in [7, 11) is 0. The molecule has 0 aromatic heterocycles. The summed E-state index contributed by atoms with van der Waals surface area (Å²) in [6.45, 7) is 1.55. The van der Waals surface area contributed by atoms with Crippen LogP contribution in [0.15, 0.2) is 54.6 Å². The molecule has 0 aliphatic rings. The van der Waals surface area contributed by atoms with Crippen molar-refractivity contribution in [3.63, 3.8) is 0 Å². The lowest BCUT2D eigenvalue weighted by Gasteiger charge is -2.08. The van der Waals surface area contributed by atoms with E-state index in [2.05, 4.69) is 53.8 Å². The number of anilines is 1. The molecule has 0 atom stereocenters. The van der Waals surface area contributed by atoms with Crippen LogP contribution in [0.3, 0.4) is 0 Å². The zero-order valence-corrected chi connectivity index (χ0v) is 9.89. The highest BCUT2D eigenvalue weighted by molar-refractivity contribution is 5.46. The number of nitrogens with two attached hydrogens (primary N) is 1. The number of nitrogens with one attached hydrogen (secondary N) is 1. The first-order valence-corrected chi connectivity index (χ1v) is 5.95. The van der Waals surface area contributed by atoms with Crippen molar-refractivity contribution in [3.05, 3.63) is 65.7 Å². The first-order valence-electron chi connectivity index (χ1n) is 5.95. The first-order chi connectivity index (χ1) is 8.38. The molecule has 0 unspecified atom stereocenters. The van der Waals surface area contributed by atoms with Crippen molar-refractivity contribution in [2.45, 2.75) is 13.0 Å². The molecule has 2 nitrogen and oxygen atoms in total. The Hall–Kier alpha value is -1.80. The summed E-state index contributed by atoms with van der Waals surface area (Å²) in [5, 5.41) is 3.42. The fourth-order valence-electron chi connectivity index (χ4n) is 1.80. The van der Waals surface area contributed by atoms with Crippen LogP contribution in [-0.4, -0.2) is 6.54 Å². The minimum atomic E-state index is 0.697. The molecule has 88 valence electrons. The van der Waals surface area contributed by atoms with Crippen LogP contribution < -0.4 is 11.1 Å². The molecule has 0 fully saturated rings. The van der Waals surface area contributed by atoms with E-state index in [-0.39, 0.29) is 0 Å². The third-order valence-corrected chi connectivity index (χ3v) is 2.70. The van der Waals surface area contributed by atoms with Gasteiger partial charge in [-0.05, 0) is 36.2 Å². The lowest BCUT2D eigenvalue weighted by molar-refractivity contribution is 0.968. The van der Waals surface area contributed by atoms with E-state index in [0.717, 1.165) is 18.7 Å². The molecule has 2 aromatic rings. The fourth-order valence-corrected chi connectivity index (χ4v) is 1.80. The van der Waals surface area contributed by atoms with E-state index in [9.17, 15) is 0 Å². The van der Waals surface area contributed by atoms with E-state index in [4.69, 9.17) is 5.73 Å². The highest BCUT2D eigenvalue weighted by atomic mass is 14.9. The normalized spacial score (nSPS) is 10.2. The van der Waals surface area contributed by atoms with Crippen LogP contribution in [0.5, 0.6) is 0 Å². The molecule has 0 radical (unpaired) electrons. The quantitative estimate of drug-likeness (QED) is 0.822. The van der Waals surface area contributed by atoms with Gasteiger partial charge in [-0.1, -0.05) is 42.5 Å². The molecule has 0 bridgehead atoms. The Morgan fingerprint density at radius 2 is 1.65 bits per heavy atom. The van der Waals surface area contributed by atoms with Crippen molar-refractivity contribution < 1.29 is 0 Å². The lowest BCUT2D eigenvalue weighted by atomic mass is 10.1. The summed E-state index contributed by atoms with van der Waals surface area (Å²) in [6, 6.07) is 18.8. The Morgan fingerprint density at radius 1 is 0.882 bits per heavy atom. The highest BCUT2D eigenvalue weighted by Gasteiger charge is 1.95. The molecule has 0 saturated carbocycles. The van der Waals surface area contributed by atoms with Gasteiger partial charge < -0.3 is 11.1 Å². The maximum absolute atomic E-state index is 5.56. The predicted molar refractivity (Wildman–Crippen MR) is 73.0 cm³/mol. The van der Waals surface area contributed by atoms with Crippen molar-refractivity contribution >= 4 is 5.69 Å². The molecular weight excluding hydrogens is 208 g/mol. The molecule has 2 heteroatoms.